The van der Waals surface area contributed by atoms with Crippen molar-refractivity contribution in [1.82, 2.24) is 5.39 Å². The Labute approximate surface area is 49.4 Å². The van der Waals surface area contributed by atoms with Gasteiger partial charge in [-0.15, -0.1) is 0 Å². The Balaban J connectivity index is 2.53. The maximum absolute atomic E-state index is 10.2. The van der Waals surface area contributed by atoms with E-state index in [0.717, 1.165) is 0 Å². The minimum Gasteiger partial charge on any atom is -0.309 e. The minimum atomic E-state index is -0.839. The molecule has 0 aromatic rings. The van der Waals surface area contributed by atoms with Gasteiger partial charge in [0.25, 0.3) is 0 Å². The highest BCUT2D eigenvalue weighted by Crippen LogP contribution is 2.01. The molecule has 0 radical (unpaired) electrons. The van der Waals surface area contributed by atoms with Crippen LogP contribution in [0.1, 0.15) is 6.42 Å². The Morgan fingerprint density at radius 1 is 1.33 bits per heavy atom. The van der Waals surface area contributed by atoms with E-state index in [-0.39, 0.29) is 5.39 Å². The van der Waals surface area contributed by atoms with Crippen LogP contribution in [0.2, 0.25) is 0 Å². The van der Waals surface area contributed by atoms with Crippen molar-refractivity contribution in [3.63, 3.8) is 0 Å². The first-order chi connectivity index (χ1) is 4.18. The number of hydrogen-bond donors (Lipinski definition) is 1. The topological polar surface area (TPSA) is 76.1 Å². The van der Waals surface area contributed by atoms with Crippen LogP contribution in [0.15, 0.2) is 0 Å². The van der Waals surface area contributed by atoms with Gasteiger partial charge >= 0.3 is 11.9 Å². The third-order valence-electron chi connectivity index (χ3n) is 0.648. The first-order valence-electron chi connectivity index (χ1n) is 2.09. The number of carbonyl (C=O) groups is 2. The molecular weight excluding hydrogens is 130 g/mol. The van der Waals surface area contributed by atoms with Gasteiger partial charge in [0.2, 0.25) is 0 Å². The fourth-order valence-corrected chi connectivity index (χ4v) is 0.375. The van der Waals surface area contributed by atoms with Crippen LogP contribution in [0.25, 0.3) is 0 Å². The zero-order valence-electron chi connectivity index (χ0n) is 4.23. The summed E-state index contributed by atoms with van der Waals surface area (Å²) < 4.78 is 0. The second kappa shape index (κ2) is 2.00. The lowest BCUT2D eigenvalue weighted by Crippen LogP contribution is -2.34. The van der Waals surface area contributed by atoms with E-state index in [1.807, 2.05) is 0 Å². The molecule has 1 fully saturated rings. The molecule has 0 atom stereocenters. The van der Waals surface area contributed by atoms with E-state index in [0.29, 0.717) is 0 Å². The van der Waals surface area contributed by atoms with E-state index >= 15 is 0 Å². The van der Waals surface area contributed by atoms with Crippen molar-refractivity contribution < 1.29 is 24.5 Å². The van der Waals surface area contributed by atoms with E-state index in [4.69, 9.17) is 5.21 Å². The average Bonchev–Trinajstić information content (AvgIpc) is 1.59. The Morgan fingerprint density at radius 2 is 1.78 bits per heavy atom. The minimum absolute atomic E-state index is 0.270. The monoisotopic (exact) mass is 133 g/mol. The Kier molecular flexibility index (Phi) is 1.33. The summed E-state index contributed by atoms with van der Waals surface area (Å²) >= 11 is 0. The molecule has 0 bridgehead atoms. The fraction of sp³-hybridized carbons (Fsp3) is 0.333. The Morgan fingerprint density at radius 3 is 2.11 bits per heavy atom. The molecule has 1 rings (SSSR count). The highest BCUT2D eigenvalue weighted by atomic mass is 17.1. The molecule has 0 aromatic carbocycles. The first-order valence-corrected chi connectivity index (χ1v) is 2.09. The molecule has 0 aliphatic carbocycles. The Bertz CT molecular complexity index is 138. The van der Waals surface area contributed by atoms with Gasteiger partial charge in [-0.25, -0.2) is 14.8 Å². The van der Waals surface area contributed by atoms with Gasteiger partial charge in [-0.05, 0) is 0 Å². The van der Waals surface area contributed by atoms with Crippen LogP contribution in [0.5, 0.6) is 0 Å². The van der Waals surface area contributed by atoms with Crippen LogP contribution in [0.4, 0.5) is 0 Å². The number of nitrogens with zero attached hydrogens (tertiary/aromatic N) is 1. The van der Waals surface area contributed by atoms with Crippen LogP contribution < -0.4 is 0 Å². The van der Waals surface area contributed by atoms with Crippen LogP contribution in [-0.4, -0.2) is 22.5 Å². The molecule has 1 aliphatic heterocycles. The van der Waals surface area contributed by atoms with Crippen LogP contribution in [0, 0.1) is 0 Å². The molecule has 0 amide bonds. The van der Waals surface area contributed by atoms with E-state index in [2.05, 4.69) is 9.68 Å². The molecule has 1 heterocycles. The van der Waals surface area contributed by atoms with Gasteiger partial charge < -0.3 is 9.68 Å². The average molecular weight is 133 g/mol. The van der Waals surface area contributed by atoms with Crippen LogP contribution in [-0.2, 0) is 19.3 Å². The summed E-state index contributed by atoms with van der Waals surface area (Å²) in [7, 11) is 0. The van der Waals surface area contributed by atoms with Crippen molar-refractivity contribution in [1.29, 1.82) is 0 Å². The zero-order valence-corrected chi connectivity index (χ0v) is 4.23. The molecule has 1 N–H and O–H groups in total. The molecular formula is C3H3NO5. The smallest absolute Gasteiger partial charge is 0.309 e. The molecule has 6 heteroatoms. The second-order valence-corrected chi connectivity index (χ2v) is 1.34. The van der Waals surface area contributed by atoms with E-state index in [9.17, 15) is 9.59 Å². The second-order valence-electron chi connectivity index (χ2n) is 1.34. The maximum atomic E-state index is 10.2. The van der Waals surface area contributed by atoms with Crippen molar-refractivity contribution in [2.45, 2.75) is 6.42 Å². The van der Waals surface area contributed by atoms with Crippen molar-refractivity contribution >= 4 is 11.9 Å². The third kappa shape index (κ3) is 1.37. The van der Waals surface area contributed by atoms with Gasteiger partial charge in [0.1, 0.15) is 6.42 Å². The summed E-state index contributed by atoms with van der Waals surface area (Å²) in [6, 6.07) is 0. The lowest BCUT2D eigenvalue weighted by atomic mass is 10.4. The standard InChI is InChI=1S/C3H3NO5/c5-2-1-3(6)9-4(7)8-2/h7H,1H2. The quantitative estimate of drug-likeness (QED) is 0.427. The van der Waals surface area contributed by atoms with Gasteiger partial charge in [0.15, 0.2) is 5.39 Å². The van der Waals surface area contributed by atoms with E-state index in [1.165, 1.54) is 0 Å². The molecule has 50 valence electrons. The van der Waals surface area contributed by atoms with Crippen LogP contribution >= 0.6 is 0 Å². The van der Waals surface area contributed by atoms with E-state index in [1.54, 1.807) is 0 Å². The molecule has 6 nitrogen and oxygen atoms in total. The van der Waals surface area contributed by atoms with Crippen LogP contribution in [0.3, 0.4) is 0 Å². The number of rotatable bonds is 0. The van der Waals surface area contributed by atoms with Gasteiger partial charge in [0, 0.05) is 0 Å². The van der Waals surface area contributed by atoms with Crippen molar-refractivity contribution in [3.05, 3.63) is 0 Å². The molecule has 0 aromatic heterocycles. The summed E-state index contributed by atoms with van der Waals surface area (Å²) in [6.07, 6.45) is -0.461. The van der Waals surface area contributed by atoms with E-state index < -0.39 is 18.4 Å². The third-order valence-corrected chi connectivity index (χ3v) is 0.648. The molecule has 0 unspecified atom stereocenters. The highest BCUT2D eigenvalue weighted by molar-refractivity contribution is 5.91. The predicted molar refractivity (Wildman–Crippen MR) is 20.4 cm³/mol. The molecule has 0 saturated carbocycles. The maximum Gasteiger partial charge on any atom is 0.343 e. The summed E-state index contributed by atoms with van der Waals surface area (Å²) in [5, 5.41) is 7.93. The molecule has 1 saturated heterocycles. The first kappa shape index (κ1) is 5.99. The van der Waals surface area contributed by atoms with Gasteiger partial charge in [0.05, 0.1) is 0 Å². The lowest BCUT2D eigenvalue weighted by molar-refractivity contribution is -0.474. The predicted octanol–water partition coefficient (Wildman–Crippen LogP) is -1.00. The van der Waals surface area contributed by atoms with Gasteiger partial charge in [-0.1, -0.05) is 0 Å². The normalized spacial score (nSPS) is 21.0. The summed E-state index contributed by atoms with van der Waals surface area (Å²) in [5.41, 5.74) is 0. The lowest BCUT2D eigenvalue weighted by Gasteiger charge is -2.15. The van der Waals surface area contributed by atoms with Crippen molar-refractivity contribution in [3.8, 4) is 0 Å². The molecule has 9 heavy (non-hydrogen) atoms. The largest absolute Gasteiger partial charge is 0.343 e. The SMILES string of the molecule is O=C1CC(=O)ON(O)O1. The summed E-state index contributed by atoms with van der Waals surface area (Å²) in [5.74, 6) is -1.68. The summed E-state index contributed by atoms with van der Waals surface area (Å²) in [4.78, 5) is 28.0. The zero-order chi connectivity index (χ0) is 6.85. The summed E-state index contributed by atoms with van der Waals surface area (Å²) in [6.45, 7) is 0. The number of carbonyl (C=O) groups excluding carboxylic acids is 2. The fourth-order valence-electron chi connectivity index (χ4n) is 0.375. The molecule has 0 spiro atoms. The number of hydrogen-bond acceptors (Lipinski definition) is 6. The highest BCUT2D eigenvalue weighted by Gasteiger charge is 2.25. The van der Waals surface area contributed by atoms with Crippen molar-refractivity contribution in [2.75, 3.05) is 0 Å². The molecule has 1 aliphatic rings. The Hall–Kier alpha value is -1.14. The van der Waals surface area contributed by atoms with Gasteiger partial charge in [-0.3, -0.25) is 0 Å². The van der Waals surface area contributed by atoms with Crippen molar-refractivity contribution in [2.24, 2.45) is 0 Å². The van der Waals surface area contributed by atoms with Gasteiger partial charge in [-0.2, -0.15) is 0 Å².